The van der Waals surface area contributed by atoms with Crippen molar-refractivity contribution in [2.45, 2.75) is 33.3 Å². The zero-order chi connectivity index (χ0) is 12.3. The van der Waals surface area contributed by atoms with Crippen molar-refractivity contribution in [3.05, 3.63) is 28.2 Å². The summed E-state index contributed by atoms with van der Waals surface area (Å²) in [5.41, 5.74) is 0.336. The molecule has 0 amide bonds. The number of benzene rings is 1. The zero-order valence-electron chi connectivity index (χ0n) is 10.2. The quantitative estimate of drug-likeness (QED) is 0.917. The monoisotopic (exact) mass is 286 g/mol. The first kappa shape index (κ1) is 13.5. The maximum Gasteiger partial charge on any atom is 0.119 e. The minimum Gasteiger partial charge on any atom is -0.491 e. The van der Waals surface area contributed by atoms with Gasteiger partial charge in [-0.25, -0.2) is 0 Å². The molecule has 0 aromatic heterocycles. The highest BCUT2D eigenvalue weighted by atomic mass is 79.9. The molecule has 90 valence electrons. The lowest BCUT2D eigenvalue weighted by molar-refractivity contribution is -0.0266. The van der Waals surface area contributed by atoms with Crippen molar-refractivity contribution >= 4 is 15.9 Å². The summed E-state index contributed by atoms with van der Waals surface area (Å²) in [6.07, 6.45) is 0. The highest BCUT2D eigenvalue weighted by Gasteiger charge is 2.25. The van der Waals surface area contributed by atoms with E-state index in [1.165, 1.54) is 0 Å². The van der Waals surface area contributed by atoms with Gasteiger partial charge in [0.25, 0.3) is 0 Å². The summed E-state index contributed by atoms with van der Waals surface area (Å²) < 4.78 is 6.66. The molecule has 1 rings (SSSR count). The van der Waals surface area contributed by atoms with Crippen LogP contribution in [-0.2, 0) is 0 Å². The minimum atomic E-state index is -0.791. The normalized spacial score (nSPS) is 14.9. The van der Waals surface area contributed by atoms with Gasteiger partial charge in [-0.3, -0.25) is 0 Å². The van der Waals surface area contributed by atoms with Gasteiger partial charge in [0.05, 0.1) is 5.60 Å². The van der Waals surface area contributed by atoms with E-state index in [4.69, 9.17) is 4.74 Å². The lowest BCUT2D eigenvalue weighted by Gasteiger charge is -2.27. The van der Waals surface area contributed by atoms with E-state index in [-0.39, 0.29) is 5.92 Å². The molecule has 0 radical (unpaired) electrons. The maximum atomic E-state index is 10.0. The van der Waals surface area contributed by atoms with Crippen molar-refractivity contribution in [2.75, 3.05) is 6.61 Å². The van der Waals surface area contributed by atoms with E-state index in [9.17, 15) is 5.11 Å². The Bertz CT molecular complexity index is 359. The fourth-order valence-corrected chi connectivity index (χ4v) is 1.35. The summed E-state index contributed by atoms with van der Waals surface area (Å²) in [5.74, 6) is 0.964. The van der Waals surface area contributed by atoms with Gasteiger partial charge in [-0.2, -0.15) is 0 Å². The van der Waals surface area contributed by atoms with Crippen LogP contribution >= 0.6 is 15.9 Å². The molecule has 2 nitrogen and oxygen atoms in total. The fraction of sp³-hybridized carbons (Fsp3) is 0.538. The molecule has 0 heterocycles. The van der Waals surface area contributed by atoms with Crippen molar-refractivity contribution in [3.63, 3.8) is 0 Å². The molecule has 0 saturated carbocycles. The lowest BCUT2D eigenvalue weighted by Crippen LogP contribution is -2.37. The SMILES string of the molecule is Cc1cc(OCC(C)(O)C(C)C)ccc1Br. The van der Waals surface area contributed by atoms with E-state index < -0.39 is 5.60 Å². The Morgan fingerprint density at radius 2 is 2.06 bits per heavy atom. The smallest absolute Gasteiger partial charge is 0.119 e. The third-order valence-electron chi connectivity index (χ3n) is 2.90. The fourth-order valence-electron chi connectivity index (χ4n) is 1.10. The van der Waals surface area contributed by atoms with Crippen LogP contribution in [0.1, 0.15) is 26.3 Å². The van der Waals surface area contributed by atoms with Gasteiger partial charge in [-0.15, -0.1) is 0 Å². The van der Waals surface area contributed by atoms with Crippen LogP contribution in [0.3, 0.4) is 0 Å². The van der Waals surface area contributed by atoms with Gasteiger partial charge in [0.1, 0.15) is 12.4 Å². The van der Waals surface area contributed by atoms with E-state index in [2.05, 4.69) is 15.9 Å². The number of aryl methyl sites for hydroxylation is 1. The standard InChI is InChI=1S/C13H19BrO2/c1-9(2)13(4,15)8-16-11-5-6-12(14)10(3)7-11/h5-7,9,15H,8H2,1-4H3. The second-order valence-electron chi connectivity index (χ2n) is 4.71. The van der Waals surface area contributed by atoms with Crippen LogP contribution in [0.25, 0.3) is 0 Å². The van der Waals surface area contributed by atoms with Crippen molar-refractivity contribution in [1.82, 2.24) is 0 Å². The Balaban J connectivity index is 2.65. The van der Waals surface area contributed by atoms with Crippen LogP contribution in [0, 0.1) is 12.8 Å². The Morgan fingerprint density at radius 3 is 2.56 bits per heavy atom. The number of halogens is 1. The van der Waals surface area contributed by atoms with E-state index in [1.54, 1.807) is 6.92 Å². The van der Waals surface area contributed by atoms with Crippen LogP contribution in [0.2, 0.25) is 0 Å². The van der Waals surface area contributed by atoms with Crippen molar-refractivity contribution in [3.8, 4) is 5.75 Å². The average Bonchev–Trinajstić information content (AvgIpc) is 2.20. The van der Waals surface area contributed by atoms with Gasteiger partial charge >= 0.3 is 0 Å². The van der Waals surface area contributed by atoms with Crippen LogP contribution < -0.4 is 4.74 Å². The topological polar surface area (TPSA) is 29.5 Å². The molecule has 0 aliphatic heterocycles. The molecule has 0 aliphatic carbocycles. The van der Waals surface area contributed by atoms with Crippen LogP contribution in [-0.4, -0.2) is 17.3 Å². The van der Waals surface area contributed by atoms with Crippen molar-refractivity contribution in [2.24, 2.45) is 5.92 Å². The number of hydrogen-bond donors (Lipinski definition) is 1. The van der Waals surface area contributed by atoms with Crippen molar-refractivity contribution in [1.29, 1.82) is 0 Å². The third-order valence-corrected chi connectivity index (χ3v) is 3.79. The molecule has 0 aliphatic rings. The molecule has 1 N–H and O–H groups in total. The molecule has 1 atom stereocenters. The second-order valence-corrected chi connectivity index (χ2v) is 5.57. The molecule has 1 aromatic rings. The van der Waals surface area contributed by atoms with Gasteiger partial charge < -0.3 is 9.84 Å². The maximum absolute atomic E-state index is 10.0. The van der Waals surface area contributed by atoms with E-state index in [1.807, 2.05) is 39.0 Å². The molecule has 16 heavy (non-hydrogen) atoms. The van der Waals surface area contributed by atoms with Crippen LogP contribution in [0.5, 0.6) is 5.75 Å². The highest BCUT2D eigenvalue weighted by Crippen LogP contribution is 2.23. The number of rotatable bonds is 4. The first-order valence-corrected chi connectivity index (χ1v) is 6.23. The molecule has 0 spiro atoms. The third kappa shape index (κ3) is 3.49. The summed E-state index contributed by atoms with van der Waals surface area (Å²) in [6, 6.07) is 5.81. The number of hydrogen-bond acceptors (Lipinski definition) is 2. The molecule has 3 heteroatoms. The lowest BCUT2D eigenvalue weighted by atomic mass is 9.94. The highest BCUT2D eigenvalue weighted by molar-refractivity contribution is 9.10. The summed E-state index contributed by atoms with van der Waals surface area (Å²) in [6.45, 7) is 8.08. The van der Waals surface area contributed by atoms with E-state index in [0.717, 1.165) is 15.8 Å². The van der Waals surface area contributed by atoms with E-state index >= 15 is 0 Å². The minimum absolute atomic E-state index is 0.170. The molecular weight excluding hydrogens is 268 g/mol. The second kappa shape index (κ2) is 5.19. The first-order chi connectivity index (χ1) is 7.33. The van der Waals surface area contributed by atoms with E-state index in [0.29, 0.717) is 6.61 Å². The molecular formula is C13H19BrO2. The van der Waals surface area contributed by atoms with Gasteiger partial charge in [-0.1, -0.05) is 29.8 Å². The summed E-state index contributed by atoms with van der Waals surface area (Å²) in [5, 5.41) is 10.0. The van der Waals surface area contributed by atoms with Gasteiger partial charge in [0.15, 0.2) is 0 Å². The number of ether oxygens (including phenoxy) is 1. The molecule has 0 fully saturated rings. The molecule has 1 unspecified atom stereocenters. The van der Waals surface area contributed by atoms with Crippen molar-refractivity contribution < 1.29 is 9.84 Å². The summed E-state index contributed by atoms with van der Waals surface area (Å²) in [4.78, 5) is 0. The Morgan fingerprint density at radius 1 is 1.44 bits per heavy atom. The van der Waals surface area contributed by atoms with Gasteiger partial charge in [0.2, 0.25) is 0 Å². The Labute approximate surface area is 106 Å². The summed E-state index contributed by atoms with van der Waals surface area (Å²) >= 11 is 3.44. The largest absolute Gasteiger partial charge is 0.491 e. The predicted molar refractivity (Wildman–Crippen MR) is 69.8 cm³/mol. The van der Waals surface area contributed by atoms with Crippen LogP contribution in [0.15, 0.2) is 22.7 Å². The first-order valence-electron chi connectivity index (χ1n) is 5.44. The predicted octanol–water partition coefficient (Wildman–Crippen LogP) is 3.54. The zero-order valence-corrected chi connectivity index (χ0v) is 11.8. The van der Waals surface area contributed by atoms with Gasteiger partial charge in [-0.05, 0) is 43.5 Å². The van der Waals surface area contributed by atoms with Crippen LogP contribution in [0.4, 0.5) is 0 Å². The average molecular weight is 287 g/mol. The Hall–Kier alpha value is -0.540. The van der Waals surface area contributed by atoms with Gasteiger partial charge in [0, 0.05) is 4.47 Å². The Kier molecular flexibility index (Phi) is 4.39. The molecule has 0 bridgehead atoms. The molecule has 0 saturated heterocycles. The molecule has 1 aromatic carbocycles. The summed E-state index contributed by atoms with van der Waals surface area (Å²) in [7, 11) is 0. The number of aliphatic hydroxyl groups is 1.